The van der Waals surface area contributed by atoms with Crippen LogP contribution in [0.5, 0.6) is 0 Å². The van der Waals surface area contributed by atoms with Crippen molar-refractivity contribution in [3.8, 4) is 0 Å². The van der Waals surface area contributed by atoms with Crippen LogP contribution >= 0.6 is 23.2 Å². The molecular weight excluding hydrogens is 581 g/mol. The number of rotatable bonds is 12. The molecule has 0 spiro atoms. The van der Waals surface area contributed by atoms with Gasteiger partial charge in [0.1, 0.15) is 12.6 Å². The van der Waals surface area contributed by atoms with Crippen LogP contribution in [0.2, 0.25) is 10.0 Å². The van der Waals surface area contributed by atoms with Crippen LogP contribution in [0.25, 0.3) is 0 Å². The summed E-state index contributed by atoms with van der Waals surface area (Å²) in [6.45, 7) is 8.65. The highest BCUT2D eigenvalue weighted by Gasteiger charge is 2.35. The number of carbonyl (C=O) groups excluding carboxylic acids is 2. The van der Waals surface area contributed by atoms with Crippen molar-refractivity contribution in [2.75, 3.05) is 10.8 Å². The molecule has 0 bridgehead atoms. The van der Waals surface area contributed by atoms with E-state index in [4.69, 9.17) is 23.2 Å². The maximum absolute atomic E-state index is 14.2. The smallest absolute Gasteiger partial charge is 0.264 e. The molecule has 0 saturated carbocycles. The molecule has 3 aromatic carbocycles. The van der Waals surface area contributed by atoms with Crippen molar-refractivity contribution in [1.82, 2.24) is 10.2 Å². The average molecular weight is 619 g/mol. The number of hydrogen-bond acceptors (Lipinski definition) is 4. The highest BCUT2D eigenvalue weighted by Crippen LogP contribution is 2.30. The number of nitrogens with zero attached hydrogens (tertiary/aromatic N) is 2. The van der Waals surface area contributed by atoms with Gasteiger partial charge in [0.15, 0.2) is 0 Å². The van der Waals surface area contributed by atoms with Crippen LogP contribution in [0, 0.1) is 6.92 Å². The van der Waals surface area contributed by atoms with Crippen LogP contribution in [0.15, 0.2) is 71.6 Å². The van der Waals surface area contributed by atoms with Gasteiger partial charge in [0, 0.05) is 28.2 Å². The number of halogens is 2. The Bertz CT molecular complexity index is 1460. The van der Waals surface area contributed by atoms with Gasteiger partial charge in [0.05, 0.1) is 10.6 Å². The predicted octanol–water partition coefficient (Wildman–Crippen LogP) is 6.39. The van der Waals surface area contributed by atoms with Gasteiger partial charge in [-0.1, -0.05) is 79.0 Å². The Morgan fingerprint density at radius 3 is 2.07 bits per heavy atom. The molecule has 1 N–H and O–H groups in total. The molecule has 0 unspecified atom stereocenters. The Labute approximate surface area is 253 Å². The summed E-state index contributed by atoms with van der Waals surface area (Å²) in [4.78, 5) is 29.0. The fraction of sp³-hybridized carbons (Fsp3) is 0.355. The number of anilines is 1. The van der Waals surface area contributed by atoms with Gasteiger partial charge in [-0.25, -0.2) is 8.42 Å². The van der Waals surface area contributed by atoms with E-state index in [9.17, 15) is 18.0 Å². The molecule has 0 fully saturated rings. The van der Waals surface area contributed by atoms with E-state index in [1.54, 1.807) is 49.4 Å². The third-order valence-corrected chi connectivity index (χ3v) is 9.22. The summed E-state index contributed by atoms with van der Waals surface area (Å²) in [7, 11) is -4.16. The Balaban J connectivity index is 2.14. The second-order valence-electron chi connectivity index (χ2n) is 10.1. The van der Waals surface area contributed by atoms with Crippen LogP contribution in [0.1, 0.15) is 50.8 Å². The molecular formula is C31H37Cl2N3O4S. The van der Waals surface area contributed by atoms with Gasteiger partial charge in [-0.3, -0.25) is 13.9 Å². The number of aryl methyl sites for hydroxylation is 2. The van der Waals surface area contributed by atoms with Crippen molar-refractivity contribution in [3.63, 3.8) is 0 Å². The van der Waals surface area contributed by atoms with E-state index in [-0.39, 0.29) is 23.4 Å². The molecule has 0 saturated heterocycles. The van der Waals surface area contributed by atoms with Gasteiger partial charge in [0.2, 0.25) is 11.8 Å². The first-order valence-electron chi connectivity index (χ1n) is 13.6. The maximum atomic E-state index is 14.2. The molecule has 41 heavy (non-hydrogen) atoms. The van der Waals surface area contributed by atoms with Gasteiger partial charge in [-0.15, -0.1) is 0 Å². The van der Waals surface area contributed by atoms with E-state index >= 15 is 0 Å². The molecule has 0 aliphatic carbocycles. The summed E-state index contributed by atoms with van der Waals surface area (Å²) in [5.41, 5.74) is 2.55. The molecule has 0 aromatic heterocycles. The molecule has 1 atom stereocenters. The lowest BCUT2D eigenvalue weighted by Crippen LogP contribution is -2.53. The highest BCUT2D eigenvalue weighted by atomic mass is 35.5. The Morgan fingerprint density at radius 2 is 1.51 bits per heavy atom. The van der Waals surface area contributed by atoms with Crippen LogP contribution in [0.4, 0.5) is 5.69 Å². The summed E-state index contributed by atoms with van der Waals surface area (Å²) in [6, 6.07) is 17.6. The van der Waals surface area contributed by atoms with Crippen molar-refractivity contribution in [2.24, 2.45) is 0 Å². The van der Waals surface area contributed by atoms with Crippen molar-refractivity contribution in [2.45, 2.75) is 71.0 Å². The molecule has 2 amide bonds. The number of sulfonamides is 1. The van der Waals surface area contributed by atoms with Crippen LogP contribution in [0.3, 0.4) is 0 Å². The zero-order valence-corrected chi connectivity index (χ0v) is 26.4. The van der Waals surface area contributed by atoms with E-state index in [0.717, 1.165) is 15.4 Å². The largest absolute Gasteiger partial charge is 0.352 e. The molecule has 0 radical (unpaired) electrons. The number of amides is 2. The van der Waals surface area contributed by atoms with Crippen molar-refractivity contribution >= 4 is 50.7 Å². The van der Waals surface area contributed by atoms with Gasteiger partial charge in [0.25, 0.3) is 10.0 Å². The van der Waals surface area contributed by atoms with E-state index in [1.165, 1.54) is 17.0 Å². The van der Waals surface area contributed by atoms with Gasteiger partial charge < -0.3 is 10.2 Å². The first kappa shape index (κ1) is 32.4. The predicted molar refractivity (Wildman–Crippen MR) is 166 cm³/mol. The average Bonchev–Trinajstić information content (AvgIpc) is 2.92. The number of hydrogen-bond donors (Lipinski definition) is 1. The topological polar surface area (TPSA) is 86.8 Å². The summed E-state index contributed by atoms with van der Waals surface area (Å²) in [6.07, 6.45) is 0.847. The molecule has 0 aliphatic rings. The monoisotopic (exact) mass is 617 g/mol. The lowest BCUT2D eigenvalue weighted by atomic mass is 10.1. The summed E-state index contributed by atoms with van der Waals surface area (Å²) in [5.74, 6) is -0.908. The molecule has 0 heterocycles. The second-order valence-corrected chi connectivity index (χ2v) is 12.8. The minimum Gasteiger partial charge on any atom is -0.352 e. The third kappa shape index (κ3) is 7.82. The zero-order valence-electron chi connectivity index (χ0n) is 24.0. The second kappa shape index (κ2) is 14.2. The Hall–Kier alpha value is -3.07. The summed E-state index contributed by atoms with van der Waals surface area (Å²) >= 11 is 12.9. The lowest BCUT2D eigenvalue weighted by molar-refractivity contribution is -0.140. The molecule has 0 aliphatic heterocycles. The Kier molecular flexibility index (Phi) is 11.2. The first-order chi connectivity index (χ1) is 19.4. The lowest BCUT2D eigenvalue weighted by Gasteiger charge is -2.34. The highest BCUT2D eigenvalue weighted by molar-refractivity contribution is 7.92. The minimum atomic E-state index is -4.16. The van der Waals surface area contributed by atoms with E-state index in [2.05, 4.69) is 5.32 Å². The summed E-state index contributed by atoms with van der Waals surface area (Å²) < 4.78 is 29.3. The van der Waals surface area contributed by atoms with E-state index in [0.29, 0.717) is 34.1 Å². The number of benzene rings is 3. The van der Waals surface area contributed by atoms with Crippen molar-refractivity contribution < 1.29 is 18.0 Å². The fourth-order valence-electron chi connectivity index (χ4n) is 4.56. The standard InChI is InChI=1S/C31H37Cl2N3O4S/c1-6-23-11-8-9-14-29(23)36(41(39,40)24-17-15-22(5)16-18-24)20-30(37)35(28(7-2)31(38)34-21(3)4)19-25-26(32)12-10-13-27(25)33/h8-18,21,28H,6-7,19-20H2,1-5H3,(H,34,38)/t28-/m0/s1. The van der Waals surface area contributed by atoms with Crippen LogP contribution in [-0.4, -0.2) is 43.8 Å². The molecule has 220 valence electrons. The SMILES string of the molecule is CCc1ccccc1N(CC(=O)N(Cc1c(Cl)cccc1Cl)[C@@H](CC)C(=O)NC(C)C)S(=O)(=O)c1ccc(C)cc1. The quantitative estimate of drug-likeness (QED) is 0.255. The number of nitrogens with one attached hydrogen (secondary N) is 1. The van der Waals surface area contributed by atoms with E-state index < -0.39 is 28.5 Å². The zero-order chi connectivity index (χ0) is 30.3. The van der Waals surface area contributed by atoms with Crippen LogP contribution < -0.4 is 9.62 Å². The molecule has 7 nitrogen and oxygen atoms in total. The first-order valence-corrected chi connectivity index (χ1v) is 15.8. The van der Waals surface area contributed by atoms with Crippen molar-refractivity contribution in [3.05, 3.63) is 93.5 Å². The normalized spacial score (nSPS) is 12.2. The fourth-order valence-corrected chi connectivity index (χ4v) is 6.53. The summed E-state index contributed by atoms with van der Waals surface area (Å²) in [5, 5.41) is 3.56. The maximum Gasteiger partial charge on any atom is 0.264 e. The van der Waals surface area contributed by atoms with Gasteiger partial charge in [-0.05, 0) is 69.5 Å². The van der Waals surface area contributed by atoms with Crippen molar-refractivity contribution in [1.29, 1.82) is 0 Å². The minimum absolute atomic E-state index is 0.0621. The van der Waals surface area contributed by atoms with Gasteiger partial charge in [-0.2, -0.15) is 0 Å². The number of carbonyl (C=O) groups is 2. The molecule has 3 aromatic rings. The van der Waals surface area contributed by atoms with E-state index in [1.807, 2.05) is 39.8 Å². The Morgan fingerprint density at radius 1 is 0.902 bits per heavy atom. The van der Waals surface area contributed by atoms with Crippen LogP contribution in [-0.2, 0) is 32.6 Å². The molecule has 3 rings (SSSR count). The number of para-hydroxylation sites is 1. The molecule has 10 heteroatoms. The third-order valence-electron chi connectivity index (χ3n) is 6.74. The van der Waals surface area contributed by atoms with Gasteiger partial charge >= 0.3 is 0 Å².